The number of nitrogens with zero attached hydrogens (tertiary/aromatic N) is 1. The maximum absolute atomic E-state index is 13.2. The molecule has 0 unspecified atom stereocenters. The minimum Gasteiger partial charge on any atom is -0.481 e. The highest BCUT2D eigenvalue weighted by molar-refractivity contribution is 7.91. The number of rotatable bonds is 6. The summed E-state index contributed by atoms with van der Waals surface area (Å²) in [4.78, 5) is 14.8. The van der Waals surface area contributed by atoms with Gasteiger partial charge in [-0.3, -0.25) is 4.79 Å². The van der Waals surface area contributed by atoms with Crippen molar-refractivity contribution in [1.29, 1.82) is 0 Å². The third-order valence-electron chi connectivity index (χ3n) is 4.99. The van der Waals surface area contributed by atoms with Gasteiger partial charge in [-0.1, -0.05) is 35.3 Å². The number of amides is 1. The first-order chi connectivity index (χ1) is 13.6. The largest absolute Gasteiger partial charge is 0.481 e. The van der Waals surface area contributed by atoms with Crippen molar-refractivity contribution in [3.8, 4) is 5.75 Å². The van der Waals surface area contributed by atoms with Gasteiger partial charge in [0.05, 0.1) is 11.5 Å². The van der Waals surface area contributed by atoms with E-state index in [9.17, 15) is 13.2 Å². The molecule has 3 rings (SSSR count). The molecule has 1 saturated heterocycles. The lowest BCUT2D eigenvalue weighted by molar-refractivity contribution is -0.140. The maximum atomic E-state index is 13.2. The average Bonchev–Trinajstić information content (AvgIpc) is 3.03. The molecule has 156 valence electrons. The zero-order valence-electron chi connectivity index (χ0n) is 16.3. The molecule has 1 fully saturated rings. The lowest BCUT2D eigenvalue weighted by Gasteiger charge is -2.31. The van der Waals surface area contributed by atoms with Gasteiger partial charge in [-0.2, -0.15) is 0 Å². The molecule has 0 aliphatic carbocycles. The fourth-order valence-corrected chi connectivity index (χ4v) is 5.35. The van der Waals surface area contributed by atoms with E-state index >= 15 is 0 Å². The normalized spacial score (nSPS) is 19.0. The second kappa shape index (κ2) is 8.94. The Hall–Kier alpha value is -1.76. The monoisotopic (exact) mass is 455 g/mol. The molecule has 0 N–H and O–H groups in total. The smallest absolute Gasteiger partial charge is 0.263 e. The van der Waals surface area contributed by atoms with E-state index in [0.717, 1.165) is 11.1 Å². The van der Waals surface area contributed by atoms with Crippen LogP contribution in [0.15, 0.2) is 42.5 Å². The van der Waals surface area contributed by atoms with Crippen molar-refractivity contribution in [2.75, 3.05) is 11.5 Å². The van der Waals surface area contributed by atoms with Crippen LogP contribution in [-0.4, -0.2) is 42.9 Å². The summed E-state index contributed by atoms with van der Waals surface area (Å²) >= 11 is 12.0. The van der Waals surface area contributed by atoms with Gasteiger partial charge in [0, 0.05) is 22.6 Å². The van der Waals surface area contributed by atoms with E-state index in [1.807, 2.05) is 19.1 Å². The van der Waals surface area contributed by atoms with Crippen LogP contribution < -0.4 is 4.74 Å². The van der Waals surface area contributed by atoms with Crippen LogP contribution in [0.2, 0.25) is 10.0 Å². The summed E-state index contributed by atoms with van der Waals surface area (Å²) in [5.74, 6) is 0.347. The zero-order chi connectivity index (χ0) is 21.2. The number of aryl methyl sites for hydroxylation is 1. The third kappa shape index (κ3) is 5.65. The highest BCUT2D eigenvalue weighted by Crippen LogP contribution is 2.25. The van der Waals surface area contributed by atoms with Gasteiger partial charge < -0.3 is 9.64 Å². The summed E-state index contributed by atoms with van der Waals surface area (Å²) in [7, 11) is -3.14. The SMILES string of the molecule is Cc1cc(O[C@@H](C)C(=O)N(Cc2ccc(Cl)cc2)[C@@H]2CCS(=O)(=O)C2)ccc1Cl. The Morgan fingerprint density at radius 3 is 2.48 bits per heavy atom. The number of carbonyl (C=O) groups is 1. The molecule has 1 aliphatic rings. The molecule has 1 aliphatic heterocycles. The number of halogens is 2. The first-order valence-corrected chi connectivity index (χ1v) is 11.9. The second-order valence-electron chi connectivity index (χ2n) is 7.32. The number of carbonyl (C=O) groups excluding carboxylic acids is 1. The molecule has 1 heterocycles. The van der Waals surface area contributed by atoms with Gasteiger partial charge in [-0.15, -0.1) is 0 Å². The van der Waals surface area contributed by atoms with Gasteiger partial charge in [0.15, 0.2) is 15.9 Å². The molecular weight excluding hydrogens is 433 g/mol. The molecular formula is C21H23Cl2NO4S. The third-order valence-corrected chi connectivity index (χ3v) is 7.41. The minimum atomic E-state index is -3.14. The fraction of sp³-hybridized carbons (Fsp3) is 0.381. The Labute approximate surface area is 181 Å². The van der Waals surface area contributed by atoms with Crippen LogP contribution >= 0.6 is 23.2 Å². The molecule has 5 nitrogen and oxygen atoms in total. The van der Waals surface area contributed by atoms with Crippen molar-refractivity contribution in [2.24, 2.45) is 0 Å². The second-order valence-corrected chi connectivity index (χ2v) is 10.4. The summed E-state index contributed by atoms with van der Waals surface area (Å²) in [5, 5.41) is 1.22. The highest BCUT2D eigenvalue weighted by Gasteiger charge is 2.36. The molecule has 8 heteroatoms. The van der Waals surface area contributed by atoms with E-state index in [-0.39, 0.29) is 23.5 Å². The highest BCUT2D eigenvalue weighted by atomic mass is 35.5. The van der Waals surface area contributed by atoms with Gasteiger partial charge in [-0.05, 0) is 61.7 Å². The Bertz CT molecular complexity index is 992. The van der Waals surface area contributed by atoms with Gasteiger partial charge in [0.25, 0.3) is 5.91 Å². The van der Waals surface area contributed by atoms with Crippen molar-refractivity contribution >= 4 is 38.9 Å². The van der Waals surface area contributed by atoms with E-state index < -0.39 is 15.9 Å². The molecule has 0 radical (unpaired) electrons. The predicted octanol–water partition coefficient (Wildman–Crippen LogP) is 4.29. The van der Waals surface area contributed by atoms with Crippen LogP contribution in [0, 0.1) is 6.92 Å². The van der Waals surface area contributed by atoms with Crippen LogP contribution in [0.4, 0.5) is 0 Å². The van der Waals surface area contributed by atoms with E-state index in [1.54, 1.807) is 42.2 Å². The summed E-state index contributed by atoms with van der Waals surface area (Å²) < 4.78 is 29.8. The van der Waals surface area contributed by atoms with E-state index in [1.165, 1.54) is 0 Å². The summed E-state index contributed by atoms with van der Waals surface area (Å²) in [6.07, 6.45) is -0.347. The van der Waals surface area contributed by atoms with Crippen LogP contribution in [0.5, 0.6) is 5.75 Å². The summed E-state index contributed by atoms with van der Waals surface area (Å²) in [6, 6.07) is 12.0. The molecule has 29 heavy (non-hydrogen) atoms. The van der Waals surface area contributed by atoms with Crippen LogP contribution in [0.1, 0.15) is 24.5 Å². The van der Waals surface area contributed by atoms with Gasteiger partial charge in [0.1, 0.15) is 5.75 Å². The molecule has 0 spiro atoms. The zero-order valence-corrected chi connectivity index (χ0v) is 18.6. The lowest BCUT2D eigenvalue weighted by Crippen LogP contribution is -2.46. The van der Waals surface area contributed by atoms with Crippen molar-refractivity contribution in [3.05, 3.63) is 63.6 Å². The Kier molecular flexibility index (Phi) is 6.76. The molecule has 0 bridgehead atoms. The van der Waals surface area contributed by atoms with E-state index in [4.69, 9.17) is 27.9 Å². The van der Waals surface area contributed by atoms with Crippen molar-refractivity contribution < 1.29 is 17.9 Å². The standard InChI is InChI=1S/C21H23Cl2NO4S/c1-14-11-19(7-8-20(14)23)28-15(2)21(25)24(18-9-10-29(26,27)13-18)12-16-3-5-17(22)6-4-16/h3-8,11,15,18H,9-10,12-13H2,1-2H3/t15-,18+/m0/s1. The molecule has 0 aromatic heterocycles. The lowest BCUT2D eigenvalue weighted by atomic mass is 10.1. The molecule has 0 saturated carbocycles. The van der Waals surface area contributed by atoms with Crippen molar-refractivity contribution in [1.82, 2.24) is 4.90 Å². The number of ether oxygens (including phenoxy) is 1. The molecule has 1 amide bonds. The number of sulfone groups is 1. The van der Waals surface area contributed by atoms with Gasteiger partial charge in [0.2, 0.25) is 0 Å². The van der Waals surface area contributed by atoms with E-state index in [0.29, 0.717) is 28.8 Å². The predicted molar refractivity (Wildman–Crippen MR) is 115 cm³/mol. The van der Waals surface area contributed by atoms with Crippen LogP contribution in [-0.2, 0) is 21.2 Å². The Morgan fingerprint density at radius 2 is 1.90 bits per heavy atom. The first kappa shape index (κ1) is 21.9. The number of benzene rings is 2. The average molecular weight is 456 g/mol. The Morgan fingerprint density at radius 1 is 1.21 bits per heavy atom. The number of hydrogen-bond acceptors (Lipinski definition) is 4. The minimum absolute atomic E-state index is 0.0287. The molecule has 2 atom stereocenters. The van der Waals surface area contributed by atoms with Crippen molar-refractivity contribution in [3.63, 3.8) is 0 Å². The summed E-state index contributed by atoms with van der Waals surface area (Å²) in [6.45, 7) is 3.83. The first-order valence-electron chi connectivity index (χ1n) is 9.33. The van der Waals surface area contributed by atoms with Gasteiger partial charge >= 0.3 is 0 Å². The van der Waals surface area contributed by atoms with Crippen molar-refractivity contribution in [2.45, 2.75) is 39.0 Å². The Balaban J connectivity index is 1.80. The number of hydrogen-bond donors (Lipinski definition) is 0. The van der Waals surface area contributed by atoms with Crippen LogP contribution in [0.3, 0.4) is 0 Å². The quantitative estimate of drug-likeness (QED) is 0.651. The van der Waals surface area contributed by atoms with E-state index in [2.05, 4.69) is 0 Å². The topological polar surface area (TPSA) is 63.7 Å². The molecule has 2 aromatic carbocycles. The van der Waals surface area contributed by atoms with Crippen LogP contribution in [0.25, 0.3) is 0 Å². The maximum Gasteiger partial charge on any atom is 0.263 e. The summed E-state index contributed by atoms with van der Waals surface area (Å²) in [5.41, 5.74) is 1.73. The fourth-order valence-electron chi connectivity index (χ4n) is 3.37. The van der Waals surface area contributed by atoms with Gasteiger partial charge in [-0.25, -0.2) is 8.42 Å². The molecule has 2 aromatic rings.